The van der Waals surface area contributed by atoms with Gasteiger partial charge >= 0.3 is 0 Å². The van der Waals surface area contributed by atoms with Gasteiger partial charge in [-0.25, -0.2) is 0 Å². The van der Waals surface area contributed by atoms with Crippen molar-refractivity contribution in [1.29, 1.82) is 0 Å². The van der Waals surface area contributed by atoms with Crippen LogP contribution in [0.4, 0.5) is 0 Å². The summed E-state index contributed by atoms with van der Waals surface area (Å²) in [6, 6.07) is 0.540. The second kappa shape index (κ2) is 3.78. The highest BCUT2D eigenvalue weighted by Crippen LogP contribution is 2.35. The molecule has 2 rings (SSSR count). The predicted octanol–water partition coefficient (Wildman–Crippen LogP) is 2.69. The van der Waals surface area contributed by atoms with Gasteiger partial charge in [-0.2, -0.15) is 0 Å². The van der Waals surface area contributed by atoms with Crippen molar-refractivity contribution in [2.45, 2.75) is 57.4 Å². The maximum absolute atomic E-state index is 6.19. The molecule has 0 aromatic heterocycles. The first-order valence-corrected chi connectivity index (χ1v) is 5.62. The van der Waals surface area contributed by atoms with Gasteiger partial charge in [0.1, 0.15) is 0 Å². The molecule has 0 spiro atoms. The van der Waals surface area contributed by atoms with E-state index in [2.05, 4.69) is 0 Å². The Kier molecular flexibility index (Phi) is 2.69. The predicted molar refractivity (Wildman–Crippen MR) is 51.9 cm³/mol. The lowest BCUT2D eigenvalue weighted by molar-refractivity contribution is 0.247. The Balaban J connectivity index is 1.71. The summed E-state index contributed by atoms with van der Waals surface area (Å²) in [6.07, 6.45) is 11.4. The molecule has 0 saturated heterocycles. The largest absolute Gasteiger partial charge is 0.327 e. The fraction of sp³-hybridized carbons (Fsp3) is 1.00. The number of rotatable bonds is 3. The summed E-state index contributed by atoms with van der Waals surface area (Å²) >= 11 is 0. The maximum Gasteiger partial charge on any atom is 0.00697 e. The zero-order valence-corrected chi connectivity index (χ0v) is 7.97. The van der Waals surface area contributed by atoms with Gasteiger partial charge in [0, 0.05) is 6.04 Å². The third kappa shape index (κ3) is 1.82. The van der Waals surface area contributed by atoms with Crippen LogP contribution in [-0.2, 0) is 0 Å². The van der Waals surface area contributed by atoms with E-state index < -0.39 is 0 Å². The molecule has 12 heavy (non-hydrogen) atoms. The fourth-order valence-corrected chi connectivity index (χ4v) is 2.69. The first-order valence-electron chi connectivity index (χ1n) is 5.62. The second-order valence-electron chi connectivity index (χ2n) is 4.74. The van der Waals surface area contributed by atoms with Crippen LogP contribution in [0.25, 0.3) is 0 Å². The van der Waals surface area contributed by atoms with E-state index in [-0.39, 0.29) is 0 Å². The molecule has 0 aliphatic heterocycles. The van der Waals surface area contributed by atoms with Crippen molar-refractivity contribution >= 4 is 0 Å². The van der Waals surface area contributed by atoms with Crippen molar-refractivity contribution in [2.75, 3.05) is 0 Å². The molecule has 2 aliphatic rings. The summed E-state index contributed by atoms with van der Waals surface area (Å²) in [5, 5.41) is 0. The third-order valence-corrected chi connectivity index (χ3v) is 3.84. The standard InChI is InChI=1S/C11H21N/c12-11(8-9-4-3-5-9)10-6-1-2-7-10/h9-11H,1-8,12H2. The molecule has 2 saturated carbocycles. The Morgan fingerprint density at radius 1 is 1.00 bits per heavy atom. The molecule has 2 fully saturated rings. The van der Waals surface area contributed by atoms with Crippen LogP contribution in [-0.4, -0.2) is 6.04 Å². The Bertz CT molecular complexity index is 134. The van der Waals surface area contributed by atoms with Gasteiger partial charge in [-0.05, 0) is 31.1 Å². The zero-order valence-electron chi connectivity index (χ0n) is 7.97. The van der Waals surface area contributed by atoms with Crippen LogP contribution in [0.3, 0.4) is 0 Å². The van der Waals surface area contributed by atoms with E-state index in [1.807, 2.05) is 0 Å². The molecular weight excluding hydrogens is 146 g/mol. The van der Waals surface area contributed by atoms with Crippen molar-refractivity contribution in [1.82, 2.24) is 0 Å². The fourth-order valence-electron chi connectivity index (χ4n) is 2.69. The van der Waals surface area contributed by atoms with Crippen molar-refractivity contribution in [3.63, 3.8) is 0 Å². The molecule has 0 heterocycles. The van der Waals surface area contributed by atoms with E-state index in [4.69, 9.17) is 5.73 Å². The van der Waals surface area contributed by atoms with Gasteiger partial charge in [-0.3, -0.25) is 0 Å². The number of hydrogen-bond acceptors (Lipinski definition) is 1. The molecule has 0 amide bonds. The van der Waals surface area contributed by atoms with E-state index in [0.29, 0.717) is 6.04 Å². The molecule has 1 nitrogen and oxygen atoms in total. The molecular formula is C11H21N. The maximum atomic E-state index is 6.19. The van der Waals surface area contributed by atoms with Gasteiger partial charge in [0.25, 0.3) is 0 Å². The Morgan fingerprint density at radius 2 is 1.67 bits per heavy atom. The van der Waals surface area contributed by atoms with Gasteiger partial charge in [0.15, 0.2) is 0 Å². The summed E-state index contributed by atoms with van der Waals surface area (Å²) < 4.78 is 0. The van der Waals surface area contributed by atoms with E-state index in [1.165, 1.54) is 51.4 Å². The lowest BCUT2D eigenvalue weighted by Crippen LogP contribution is -2.32. The summed E-state index contributed by atoms with van der Waals surface area (Å²) in [5.74, 6) is 1.88. The molecule has 0 aromatic carbocycles. The molecule has 0 aromatic rings. The van der Waals surface area contributed by atoms with Crippen LogP contribution in [0.5, 0.6) is 0 Å². The molecule has 1 heteroatoms. The minimum Gasteiger partial charge on any atom is -0.327 e. The van der Waals surface area contributed by atoms with E-state index in [1.54, 1.807) is 0 Å². The van der Waals surface area contributed by atoms with E-state index in [0.717, 1.165) is 11.8 Å². The topological polar surface area (TPSA) is 26.0 Å². The normalized spacial score (nSPS) is 28.8. The van der Waals surface area contributed by atoms with Gasteiger partial charge in [0.2, 0.25) is 0 Å². The molecule has 70 valence electrons. The second-order valence-corrected chi connectivity index (χ2v) is 4.74. The Labute approximate surface area is 75.7 Å². The minimum atomic E-state index is 0.540. The zero-order chi connectivity index (χ0) is 8.39. The van der Waals surface area contributed by atoms with Gasteiger partial charge in [0.05, 0.1) is 0 Å². The van der Waals surface area contributed by atoms with Gasteiger partial charge < -0.3 is 5.73 Å². The van der Waals surface area contributed by atoms with Crippen molar-refractivity contribution in [3.05, 3.63) is 0 Å². The summed E-state index contributed by atoms with van der Waals surface area (Å²) in [7, 11) is 0. The quantitative estimate of drug-likeness (QED) is 0.687. The lowest BCUT2D eigenvalue weighted by atomic mass is 9.78. The van der Waals surface area contributed by atoms with Crippen molar-refractivity contribution < 1.29 is 0 Å². The van der Waals surface area contributed by atoms with Crippen LogP contribution >= 0.6 is 0 Å². The van der Waals surface area contributed by atoms with Crippen molar-refractivity contribution in [3.8, 4) is 0 Å². The Hall–Kier alpha value is -0.0400. The highest BCUT2D eigenvalue weighted by Gasteiger charge is 2.26. The monoisotopic (exact) mass is 167 g/mol. The SMILES string of the molecule is NC(CC1CCC1)C1CCCC1. The van der Waals surface area contributed by atoms with Crippen LogP contribution in [0, 0.1) is 11.8 Å². The third-order valence-electron chi connectivity index (χ3n) is 3.84. The van der Waals surface area contributed by atoms with Crippen LogP contribution in [0.1, 0.15) is 51.4 Å². The molecule has 1 unspecified atom stereocenters. The molecule has 2 N–H and O–H groups in total. The molecule has 1 atom stereocenters. The molecule has 0 radical (unpaired) electrons. The summed E-state index contributed by atoms with van der Waals surface area (Å²) in [4.78, 5) is 0. The van der Waals surface area contributed by atoms with E-state index in [9.17, 15) is 0 Å². The number of nitrogens with two attached hydrogens (primary N) is 1. The minimum absolute atomic E-state index is 0.540. The summed E-state index contributed by atoms with van der Waals surface area (Å²) in [6.45, 7) is 0. The highest BCUT2D eigenvalue weighted by molar-refractivity contribution is 4.82. The van der Waals surface area contributed by atoms with Crippen LogP contribution in [0.2, 0.25) is 0 Å². The Morgan fingerprint density at radius 3 is 2.17 bits per heavy atom. The van der Waals surface area contributed by atoms with E-state index >= 15 is 0 Å². The van der Waals surface area contributed by atoms with Crippen LogP contribution in [0.15, 0.2) is 0 Å². The van der Waals surface area contributed by atoms with Gasteiger partial charge in [-0.1, -0.05) is 32.1 Å². The number of hydrogen-bond donors (Lipinski definition) is 1. The molecule has 2 aliphatic carbocycles. The first kappa shape index (κ1) is 8.55. The molecule has 0 bridgehead atoms. The average Bonchev–Trinajstić information content (AvgIpc) is 2.47. The lowest BCUT2D eigenvalue weighted by Gasteiger charge is -2.30. The van der Waals surface area contributed by atoms with Crippen molar-refractivity contribution in [2.24, 2.45) is 17.6 Å². The smallest absolute Gasteiger partial charge is 0.00697 e. The van der Waals surface area contributed by atoms with Crippen LogP contribution < -0.4 is 5.73 Å². The first-order chi connectivity index (χ1) is 5.86. The average molecular weight is 167 g/mol. The highest BCUT2D eigenvalue weighted by atomic mass is 14.7. The van der Waals surface area contributed by atoms with Gasteiger partial charge in [-0.15, -0.1) is 0 Å². The summed E-state index contributed by atoms with van der Waals surface area (Å²) in [5.41, 5.74) is 6.19.